The van der Waals surface area contributed by atoms with E-state index in [-0.39, 0.29) is 0 Å². The van der Waals surface area contributed by atoms with Crippen LogP contribution in [0.5, 0.6) is 0 Å². The topological polar surface area (TPSA) is 43.6 Å². The van der Waals surface area contributed by atoms with Crippen LogP contribution in [0.3, 0.4) is 0 Å². The maximum atomic E-state index is 5.89. The van der Waals surface area contributed by atoms with Crippen molar-refractivity contribution >= 4 is 34.2 Å². The van der Waals surface area contributed by atoms with Crippen LogP contribution in [0.25, 0.3) is 11.5 Å². The van der Waals surface area contributed by atoms with Crippen molar-refractivity contribution < 1.29 is 0 Å². The highest BCUT2D eigenvalue weighted by atomic mass is 127. The van der Waals surface area contributed by atoms with Crippen LogP contribution in [0, 0.1) is 3.57 Å². The second kappa shape index (κ2) is 3.82. The third-order valence-corrected chi connectivity index (χ3v) is 3.15. The van der Waals surface area contributed by atoms with Crippen LogP contribution < -0.4 is 0 Å². The summed E-state index contributed by atoms with van der Waals surface area (Å²) in [4.78, 5) is 8.34. The first-order valence-corrected chi connectivity index (χ1v) is 5.30. The Labute approximate surface area is 99.5 Å². The largest absolute Gasteiger partial charge is 0.265 e. The Morgan fingerprint density at radius 3 is 2.86 bits per heavy atom. The molecule has 2 rings (SSSR count). The quantitative estimate of drug-likeness (QED) is 0.597. The minimum absolute atomic E-state index is 0.469. The third-order valence-electron chi connectivity index (χ3n) is 1.75. The molecular formula is C8H6ClIN4. The van der Waals surface area contributed by atoms with E-state index in [0.29, 0.717) is 11.0 Å². The van der Waals surface area contributed by atoms with Crippen LogP contribution in [0.4, 0.5) is 0 Å². The summed E-state index contributed by atoms with van der Waals surface area (Å²) in [7, 11) is 1.84. The molecule has 0 amide bonds. The summed E-state index contributed by atoms with van der Waals surface area (Å²) < 4.78 is 2.55. The lowest BCUT2D eigenvalue weighted by molar-refractivity contribution is 0.769. The highest BCUT2D eigenvalue weighted by molar-refractivity contribution is 14.1. The molecule has 0 N–H and O–H groups in total. The van der Waals surface area contributed by atoms with Gasteiger partial charge < -0.3 is 0 Å². The fourth-order valence-corrected chi connectivity index (χ4v) is 1.45. The molecule has 0 atom stereocenters. The number of aryl methyl sites for hydroxylation is 1. The van der Waals surface area contributed by atoms with Gasteiger partial charge in [-0.1, -0.05) is 11.6 Å². The zero-order valence-corrected chi connectivity index (χ0v) is 10.2. The Morgan fingerprint density at radius 1 is 1.50 bits per heavy atom. The zero-order valence-electron chi connectivity index (χ0n) is 7.28. The van der Waals surface area contributed by atoms with Gasteiger partial charge in [0.2, 0.25) is 0 Å². The lowest BCUT2D eigenvalue weighted by Crippen LogP contribution is -1.98. The Kier molecular flexibility index (Phi) is 2.69. The van der Waals surface area contributed by atoms with Gasteiger partial charge in [-0.05, 0) is 28.7 Å². The van der Waals surface area contributed by atoms with Crippen LogP contribution >= 0.6 is 34.2 Å². The fraction of sp³-hybridized carbons (Fsp3) is 0.125. The molecule has 14 heavy (non-hydrogen) atoms. The number of rotatable bonds is 1. The van der Waals surface area contributed by atoms with Crippen molar-refractivity contribution in [3.8, 4) is 11.5 Å². The van der Waals surface area contributed by atoms with Crippen LogP contribution in [-0.4, -0.2) is 19.7 Å². The van der Waals surface area contributed by atoms with Crippen LogP contribution in [0.15, 0.2) is 18.5 Å². The molecule has 0 aromatic carbocycles. The molecule has 0 fully saturated rings. The van der Waals surface area contributed by atoms with Crippen molar-refractivity contribution in [2.75, 3.05) is 0 Å². The first kappa shape index (κ1) is 9.85. The third kappa shape index (κ3) is 1.74. The van der Waals surface area contributed by atoms with E-state index in [0.717, 1.165) is 9.26 Å². The van der Waals surface area contributed by atoms with Crippen molar-refractivity contribution in [2.45, 2.75) is 0 Å². The first-order chi connectivity index (χ1) is 6.68. The summed E-state index contributed by atoms with van der Waals surface area (Å²) in [5, 5.41) is 4.51. The summed E-state index contributed by atoms with van der Waals surface area (Å²) in [6.45, 7) is 0. The molecule has 0 saturated carbocycles. The van der Waals surface area contributed by atoms with E-state index in [1.807, 2.05) is 13.1 Å². The molecule has 2 heterocycles. The molecule has 0 saturated heterocycles. The summed E-state index contributed by atoms with van der Waals surface area (Å²) in [5.41, 5.74) is 0.850. The molecule has 2 aromatic heterocycles. The molecule has 0 aliphatic heterocycles. The minimum atomic E-state index is 0.469. The van der Waals surface area contributed by atoms with Gasteiger partial charge in [0.25, 0.3) is 0 Å². The van der Waals surface area contributed by atoms with E-state index in [1.54, 1.807) is 17.1 Å². The summed E-state index contributed by atoms with van der Waals surface area (Å²) >= 11 is 7.98. The number of hydrogen-bond acceptors (Lipinski definition) is 3. The highest BCUT2D eigenvalue weighted by Crippen LogP contribution is 2.19. The lowest BCUT2D eigenvalue weighted by Gasteiger charge is -2.01. The number of halogens is 2. The standard InChI is InChI=1S/C8H6ClIN4/c1-14-6(2-3-12-14)8-11-4-5(10)7(9)13-8/h2-4H,1H3. The summed E-state index contributed by atoms with van der Waals surface area (Å²) in [5.74, 6) is 0.593. The van der Waals surface area contributed by atoms with Gasteiger partial charge in [-0.3, -0.25) is 4.68 Å². The van der Waals surface area contributed by atoms with Gasteiger partial charge >= 0.3 is 0 Å². The summed E-state index contributed by atoms with van der Waals surface area (Å²) in [6.07, 6.45) is 3.39. The Morgan fingerprint density at radius 2 is 2.29 bits per heavy atom. The fourth-order valence-electron chi connectivity index (χ4n) is 1.06. The SMILES string of the molecule is Cn1nccc1-c1ncc(I)c(Cl)n1. The molecule has 4 nitrogen and oxygen atoms in total. The monoisotopic (exact) mass is 320 g/mol. The van der Waals surface area contributed by atoms with Gasteiger partial charge in [0, 0.05) is 19.4 Å². The van der Waals surface area contributed by atoms with E-state index >= 15 is 0 Å². The lowest BCUT2D eigenvalue weighted by atomic mass is 10.4. The predicted molar refractivity (Wildman–Crippen MR) is 62.0 cm³/mol. The van der Waals surface area contributed by atoms with Crippen LogP contribution in [-0.2, 0) is 7.05 Å². The molecule has 0 aliphatic rings. The zero-order chi connectivity index (χ0) is 10.1. The van der Waals surface area contributed by atoms with E-state index in [9.17, 15) is 0 Å². The van der Waals surface area contributed by atoms with Crippen molar-refractivity contribution in [1.29, 1.82) is 0 Å². The number of aromatic nitrogens is 4. The second-order valence-electron chi connectivity index (χ2n) is 2.67. The summed E-state index contributed by atoms with van der Waals surface area (Å²) in [6, 6.07) is 1.85. The number of hydrogen-bond donors (Lipinski definition) is 0. The van der Waals surface area contributed by atoms with Gasteiger partial charge in [-0.25, -0.2) is 9.97 Å². The van der Waals surface area contributed by atoms with Gasteiger partial charge in [0.05, 0.1) is 3.57 Å². The first-order valence-electron chi connectivity index (χ1n) is 3.85. The molecule has 0 aliphatic carbocycles. The highest BCUT2D eigenvalue weighted by Gasteiger charge is 2.07. The minimum Gasteiger partial charge on any atom is -0.265 e. The predicted octanol–water partition coefficient (Wildman–Crippen LogP) is 2.14. The van der Waals surface area contributed by atoms with E-state index < -0.39 is 0 Å². The van der Waals surface area contributed by atoms with Crippen molar-refractivity contribution in [1.82, 2.24) is 19.7 Å². The average Bonchev–Trinajstić information content (AvgIpc) is 2.57. The molecular weight excluding hydrogens is 314 g/mol. The van der Waals surface area contributed by atoms with E-state index in [1.165, 1.54) is 0 Å². The maximum Gasteiger partial charge on any atom is 0.179 e. The molecule has 0 radical (unpaired) electrons. The molecule has 6 heteroatoms. The smallest absolute Gasteiger partial charge is 0.179 e. The van der Waals surface area contributed by atoms with Gasteiger partial charge in [0.15, 0.2) is 5.82 Å². The van der Waals surface area contributed by atoms with Gasteiger partial charge in [-0.15, -0.1) is 0 Å². The van der Waals surface area contributed by atoms with Crippen molar-refractivity contribution in [2.24, 2.45) is 7.05 Å². The maximum absolute atomic E-state index is 5.89. The number of nitrogens with zero attached hydrogens (tertiary/aromatic N) is 4. The Hall–Kier alpha value is -0.690. The Bertz CT molecular complexity index is 468. The van der Waals surface area contributed by atoms with Crippen LogP contribution in [0.2, 0.25) is 5.15 Å². The van der Waals surface area contributed by atoms with Crippen molar-refractivity contribution in [3.63, 3.8) is 0 Å². The van der Waals surface area contributed by atoms with Gasteiger partial charge in [0.1, 0.15) is 10.8 Å². The average molecular weight is 321 g/mol. The van der Waals surface area contributed by atoms with Crippen molar-refractivity contribution in [3.05, 3.63) is 27.2 Å². The normalized spacial score (nSPS) is 10.5. The van der Waals surface area contributed by atoms with Gasteiger partial charge in [-0.2, -0.15) is 5.10 Å². The molecule has 0 spiro atoms. The molecule has 0 unspecified atom stereocenters. The second-order valence-corrected chi connectivity index (χ2v) is 4.19. The molecule has 2 aromatic rings. The van der Waals surface area contributed by atoms with E-state index in [4.69, 9.17) is 11.6 Å². The Balaban J connectivity index is 2.53. The van der Waals surface area contributed by atoms with Crippen LogP contribution in [0.1, 0.15) is 0 Å². The molecule has 72 valence electrons. The molecule has 0 bridgehead atoms. The van der Waals surface area contributed by atoms with E-state index in [2.05, 4.69) is 37.7 Å².